The Kier molecular flexibility index (Phi) is 3.14. The zero-order chi connectivity index (χ0) is 11.6. The minimum absolute atomic E-state index is 0.207. The second-order valence-electron chi connectivity index (χ2n) is 3.12. The number of carbonyl (C=O) groups is 1. The van der Waals surface area contributed by atoms with Gasteiger partial charge < -0.3 is 14.9 Å². The maximum atomic E-state index is 13.5. The molecule has 1 rings (SSSR count). The quantitative estimate of drug-likeness (QED) is 0.746. The van der Waals surface area contributed by atoms with E-state index in [1.54, 1.807) is 0 Å². The smallest absolute Gasteiger partial charge is 0.172 e. The number of benzene rings is 1. The normalized spacial score (nSPS) is 10.1. The lowest BCUT2D eigenvalue weighted by molar-refractivity contribution is -0.116. The standard InChI is InChI=1S/C10H11FO4/c1-5(12)3-6-9(11)8(15-2)4-7(13)10(6)14/h4,13-14H,3H2,1-2H3. The first-order valence-electron chi connectivity index (χ1n) is 4.24. The summed E-state index contributed by atoms with van der Waals surface area (Å²) in [6.07, 6.45) is -0.289. The lowest BCUT2D eigenvalue weighted by atomic mass is 10.1. The molecule has 82 valence electrons. The highest BCUT2D eigenvalue weighted by molar-refractivity contribution is 5.79. The van der Waals surface area contributed by atoms with E-state index in [0.29, 0.717) is 0 Å². The molecule has 0 fully saturated rings. The number of phenolic OH excluding ortho intramolecular Hbond substituents is 2. The van der Waals surface area contributed by atoms with E-state index in [0.717, 1.165) is 6.07 Å². The van der Waals surface area contributed by atoms with Gasteiger partial charge in [0.25, 0.3) is 0 Å². The molecule has 0 aromatic heterocycles. The second kappa shape index (κ2) is 4.16. The number of ketones is 1. The van der Waals surface area contributed by atoms with Gasteiger partial charge in [0.2, 0.25) is 0 Å². The number of halogens is 1. The predicted molar refractivity (Wildman–Crippen MR) is 50.7 cm³/mol. The van der Waals surface area contributed by atoms with Crippen LogP contribution in [-0.4, -0.2) is 23.1 Å². The number of Topliss-reactive ketones (excluding diaryl/α,β-unsaturated/α-hetero) is 1. The highest BCUT2D eigenvalue weighted by Gasteiger charge is 2.19. The zero-order valence-electron chi connectivity index (χ0n) is 8.37. The van der Waals surface area contributed by atoms with Crippen molar-refractivity contribution in [3.63, 3.8) is 0 Å². The summed E-state index contributed by atoms with van der Waals surface area (Å²) >= 11 is 0. The molecule has 1 aromatic carbocycles. The van der Waals surface area contributed by atoms with Crippen LogP contribution in [0.25, 0.3) is 0 Å². The van der Waals surface area contributed by atoms with Crippen LogP contribution in [0.4, 0.5) is 4.39 Å². The van der Waals surface area contributed by atoms with Crippen LogP contribution in [0.1, 0.15) is 12.5 Å². The molecule has 1 aromatic rings. The highest BCUT2D eigenvalue weighted by Crippen LogP contribution is 2.37. The third-order valence-corrected chi connectivity index (χ3v) is 1.92. The molecular formula is C10H11FO4. The van der Waals surface area contributed by atoms with Crippen molar-refractivity contribution in [1.29, 1.82) is 0 Å². The van der Waals surface area contributed by atoms with Crippen LogP contribution in [0.15, 0.2) is 6.07 Å². The Balaban J connectivity index is 3.33. The largest absolute Gasteiger partial charge is 0.504 e. The van der Waals surface area contributed by atoms with E-state index in [4.69, 9.17) is 0 Å². The average Bonchev–Trinajstić information content (AvgIpc) is 2.18. The minimum atomic E-state index is -0.831. The van der Waals surface area contributed by atoms with E-state index in [9.17, 15) is 19.4 Å². The highest BCUT2D eigenvalue weighted by atomic mass is 19.1. The molecular weight excluding hydrogens is 203 g/mol. The van der Waals surface area contributed by atoms with Crippen molar-refractivity contribution in [3.05, 3.63) is 17.4 Å². The van der Waals surface area contributed by atoms with Crippen LogP contribution in [0.5, 0.6) is 17.2 Å². The monoisotopic (exact) mass is 214 g/mol. The molecule has 0 atom stereocenters. The Labute approximate surface area is 85.9 Å². The summed E-state index contributed by atoms with van der Waals surface area (Å²) in [5.74, 6) is -2.49. The summed E-state index contributed by atoms with van der Waals surface area (Å²) < 4.78 is 18.2. The van der Waals surface area contributed by atoms with Crippen molar-refractivity contribution in [2.75, 3.05) is 7.11 Å². The summed E-state index contributed by atoms with van der Waals surface area (Å²) in [4.78, 5) is 10.8. The Morgan fingerprint density at radius 3 is 2.60 bits per heavy atom. The first-order valence-corrected chi connectivity index (χ1v) is 4.24. The van der Waals surface area contributed by atoms with E-state index in [-0.39, 0.29) is 23.5 Å². The van der Waals surface area contributed by atoms with Crippen LogP contribution >= 0.6 is 0 Å². The fraction of sp³-hybridized carbons (Fsp3) is 0.300. The van der Waals surface area contributed by atoms with Crippen molar-refractivity contribution in [2.24, 2.45) is 0 Å². The van der Waals surface area contributed by atoms with Crippen molar-refractivity contribution in [1.82, 2.24) is 0 Å². The van der Waals surface area contributed by atoms with Gasteiger partial charge in [-0.2, -0.15) is 0 Å². The summed E-state index contributed by atoms with van der Waals surface area (Å²) in [7, 11) is 1.23. The van der Waals surface area contributed by atoms with Crippen LogP contribution in [0.2, 0.25) is 0 Å². The maximum Gasteiger partial charge on any atom is 0.172 e. The summed E-state index contributed by atoms with van der Waals surface area (Å²) in [6, 6.07) is 0.953. The van der Waals surface area contributed by atoms with Crippen LogP contribution in [0.3, 0.4) is 0 Å². The molecule has 0 bridgehead atoms. The molecule has 15 heavy (non-hydrogen) atoms. The molecule has 0 aliphatic carbocycles. The lowest BCUT2D eigenvalue weighted by Gasteiger charge is -2.09. The molecule has 4 nitrogen and oxygen atoms in total. The molecule has 0 radical (unpaired) electrons. The number of aromatic hydroxyl groups is 2. The molecule has 0 saturated carbocycles. The molecule has 0 aliphatic heterocycles. The third kappa shape index (κ3) is 2.18. The van der Waals surface area contributed by atoms with E-state index in [2.05, 4.69) is 4.74 Å². The van der Waals surface area contributed by atoms with Gasteiger partial charge in [-0.3, -0.25) is 4.79 Å². The van der Waals surface area contributed by atoms with Gasteiger partial charge in [0.05, 0.1) is 7.11 Å². The fourth-order valence-corrected chi connectivity index (χ4v) is 1.22. The van der Waals surface area contributed by atoms with E-state index in [1.165, 1.54) is 14.0 Å². The van der Waals surface area contributed by atoms with Gasteiger partial charge in [-0.15, -0.1) is 0 Å². The number of ether oxygens (including phenoxy) is 1. The Hall–Kier alpha value is -1.78. The third-order valence-electron chi connectivity index (χ3n) is 1.92. The second-order valence-corrected chi connectivity index (χ2v) is 3.12. The lowest BCUT2D eigenvalue weighted by Crippen LogP contribution is -2.02. The molecule has 5 heteroatoms. The zero-order valence-corrected chi connectivity index (χ0v) is 8.37. The number of rotatable bonds is 3. The number of phenols is 2. The molecule has 0 aliphatic rings. The Morgan fingerprint density at radius 1 is 1.53 bits per heavy atom. The van der Waals surface area contributed by atoms with Gasteiger partial charge in [0, 0.05) is 18.1 Å². The van der Waals surface area contributed by atoms with Crippen LogP contribution in [0, 0.1) is 5.82 Å². The van der Waals surface area contributed by atoms with Crippen LogP contribution < -0.4 is 4.74 Å². The maximum absolute atomic E-state index is 13.5. The Morgan fingerprint density at radius 2 is 2.13 bits per heavy atom. The number of hydrogen-bond donors (Lipinski definition) is 2. The van der Waals surface area contributed by atoms with Crippen molar-refractivity contribution < 1.29 is 24.1 Å². The molecule has 0 saturated heterocycles. The van der Waals surface area contributed by atoms with Gasteiger partial charge in [-0.25, -0.2) is 4.39 Å². The van der Waals surface area contributed by atoms with Crippen LogP contribution in [-0.2, 0) is 11.2 Å². The van der Waals surface area contributed by atoms with Gasteiger partial charge in [-0.1, -0.05) is 0 Å². The molecule has 0 unspecified atom stereocenters. The minimum Gasteiger partial charge on any atom is -0.504 e. The number of methoxy groups -OCH3 is 1. The molecule has 0 spiro atoms. The summed E-state index contributed by atoms with van der Waals surface area (Å²) in [6.45, 7) is 1.26. The van der Waals surface area contributed by atoms with Crippen molar-refractivity contribution in [3.8, 4) is 17.2 Å². The number of carbonyl (C=O) groups excluding carboxylic acids is 1. The first kappa shape index (κ1) is 11.3. The fourth-order valence-electron chi connectivity index (χ4n) is 1.22. The van der Waals surface area contributed by atoms with E-state index in [1.807, 2.05) is 0 Å². The van der Waals surface area contributed by atoms with Gasteiger partial charge in [0.1, 0.15) is 5.78 Å². The number of hydrogen-bond acceptors (Lipinski definition) is 4. The van der Waals surface area contributed by atoms with Crippen molar-refractivity contribution >= 4 is 5.78 Å². The van der Waals surface area contributed by atoms with E-state index >= 15 is 0 Å². The van der Waals surface area contributed by atoms with Gasteiger partial charge in [-0.05, 0) is 6.92 Å². The summed E-state index contributed by atoms with van der Waals surface area (Å²) in [5.41, 5.74) is -0.251. The topological polar surface area (TPSA) is 66.8 Å². The van der Waals surface area contributed by atoms with Gasteiger partial charge >= 0.3 is 0 Å². The van der Waals surface area contributed by atoms with Crippen molar-refractivity contribution in [2.45, 2.75) is 13.3 Å². The predicted octanol–water partition coefficient (Wildman–Crippen LogP) is 1.38. The SMILES string of the molecule is COc1cc(O)c(O)c(CC(C)=O)c1F. The average molecular weight is 214 g/mol. The molecule has 0 heterocycles. The molecule has 2 N–H and O–H groups in total. The van der Waals surface area contributed by atoms with Gasteiger partial charge in [0.15, 0.2) is 23.1 Å². The Bertz CT molecular complexity index is 401. The summed E-state index contributed by atoms with van der Waals surface area (Å²) in [5, 5.41) is 18.6. The first-order chi connectivity index (χ1) is 6.97. The van der Waals surface area contributed by atoms with E-state index < -0.39 is 17.3 Å². The molecule has 0 amide bonds.